The van der Waals surface area contributed by atoms with Crippen molar-refractivity contribution >= 4 is 39.7 Å². The van der Waals surface area contributed by atoms with Gasteiger partial charge in [0.15, 0.2) is 16.6 Å². The van der Waals surface area contributed by atoms with Gasteiger partial charge in [0, 0.05) is 16.0 Å². The van der Waals surface area contributed by atoms with Crippen LogP contribution in [0.4, 0.5) is 10.8 Å². The molecule has 0 amide bonds. The number of anilines is 2. The summed E-state index contributed by atoms with van der Waals surface area (Å²) < 4.78 is 6.02. The van der Waals surface area contributed by atoms with E-state index in [1.165, 1.54) is 16.7 Å². The highest BCUT2D eigenvalue weighted by molar-refractivity contribution is 7.14. The third-order valence-electron chi connectivity index (χ3n) is 3.67. The maximum absolute atomic E-state index is 11.1. The van der Waals surface area contributed by atoms with Crippen molar-refractivity contribution in [3.05, 3.63) is 64.1 Å². The highest BCUT2D eigenvalue weighted by Gasteiger charge is 2.24. The third kappa shape index (κ3) is 2.60. The third-order valence-corrected chi connectivity index (χ3v) is 4.77. The summed E-state index contributed by atoms with van der Waals surface area (Å²) in [5.41, 5.74) is 1.76. The van der Waals surface area contributed by atoms with Gasteiger partial charge in [-0.1, -0.05) is 29.8 Å². The number of carbonyl (C=O) groups is 1. The quantitative estimate of drug-likeness (QED) is 0.703. The van der Waals surface area contributed by atoms with Crippen LogP contribution >= 0.6 is 22.9 Å². The summed E-state index contributed by atoms with van der Waals surface area (Å²) in [4.78, 5) is 17.3. The van der Waals surface area contributed by atoms with Crippen molar-refractivity contribution in [3.8, 4) is 11.5 Å². The Morgan fingerprint density at radius 3 is 2.88 bits per heavy atom. The van der Waals surface area contributed by atoms with Gasteiger partial charge in [-0.05, 0) is 24.3 Å². The predicted octanol–water partition coefficient (Wildman–Crippen LogP) is 4.94. The minimum absolute atomic E-state index is 0.0250. The Morgan fingerprint density at radius 2 is 2.08 bits per heavy atom. The monoisotopic (exact) mass is 358 g/mol. The molecule has 1 N–H and O–H groups in total. The lowest BCUT2D eigenvalue weighted by atomic mass is 10.2. The van der Waals surface area contributed by atoms with Gasteiger partial charge in [0.1, 0.15) is 5.75 Å². The molecule has 1 aliphatic rings. The van der Waals surface area contributed by atoms with Gasteiger partial charge in [-0.15, -0.1) is 11.3 Å². The van der Waals surface area contributed by atoms with E-state index in [1.54, 1.807) is 18.2 Å². The van der Waals surface area contributed by atoms with Crippen molar-refractivity contribution < 1.29 is 14.6 Å². The van der Waals surface area contributed by atoms with Crippen LogP contribution in [0.1, 0.15) is 16.1 Å². The normalized spacial score (nSPS) is 12.8. The standard InChI is InChI=1S/C17H11ClN2O3S/c18-11-5-6-15-13(7-11)20(17-19-12(9-24-17)16(21)22)8-10-3-1-2-4-14(10)23-15/h1-7,9H,8H2,(H,21,22). The molecule has 2 heterocycles. The molecule has 0 radical (unpaired) electrons. The Kier molecular flexibility index (Phi) is 3.63. The molecule has 0 bridgehead atoms. The van der Waals surface area contributed by atoms with E-state index < -0.39 is 5.97 Å². The molecule has 2 aromatic carbocycles. The highest BCUT2D eigenvalue weighted by Crippen LogP contribution is 2.44. The maximum atomic E-state index is 11.1. The molecule has 3 aromatic rings. The molecule has 0 aliphatic carbocycles. The summed E-state index contributed by atoms with van der Waals surface area (Å²) in [6.07, 6.45) is 0. The van der Waals surface area contributed by atoms with Crippen molar-refractivity contribution in [1.29, 1.82) is 0 Å². The Labute approximate surface area is 146 Å². The number of hydrogen-bond acceptors (Lipinski definition) is 5. The number of benzene rings is 2. The van der Waals surface area contributed by atoms with E-state index in [9.17, 15) is 4.79 Å². The first kappa shape index (κ1) is 15.0. The molecule has 1 aromatic heterocycles. The first-order valence-corrected chi connectivity index (χ1v) is 8.39. The molecule has 120 valence electrons. The highest BCUT2D eigenvalue weighted by atomic mass is 35.5. The van der Waals surface area contributed by atoms with Gasteiger partial charge >= 0.3 is 5.97 Å². The molecule has 4 rings (SSSR count). The van der Waals surface area contributed by atoms with E-state index in [0.717, 1.165) is 17.0 Å². The molecular weight excluding hydrogens is 348 g/mol. The van der Waals surface area contributed by atoms with Crippen LogP contribution in [-0.4, -0.2) is 16.1 Å². The van der Waals surface area contributed by atoms with Crippen molar-refractivity contribution in [2.24, 2.45) is 0 Å². The fourth-order valence-corrected chi connectivity index (χ4v) is 3.53. The molecule has 24 heavy (non-hydrogen) atoms. The van der Waals surface area contributed by atoms with Crippen LogP contribution in [0.2, 0.25) is 5.02 Å². The van der Waals surface area contributed by atoms with Crippen molar-refractivity contribution in [2.45, 2.75) is 6.54 Å². The van der Waals surface area contributed by atoms with Gasteiger partial charge < -0.3 is 14.7 Å². The van der Waals surface area contributed by atoms with E-state index in [4.69, 9.17) is 21.4 Å². The molecule has 0 unspecified atom stereocenters. The minimum atomic E-state index is -1.05. The zero-order chi connectivity index (χ0) is 16.7. The first-order valence-electron chi connectivity index (χ1n) is 7.13. The van der Waals surface area contributed by atoms with E-state index in [2.05, 4.69) is 4.98 Å². The summed E-state index contributed by atoms with van der Waals surface area (Å²) in [6.45, 7) is 0.510. The SMILES string of the molecule is O=C(O)c1csc(N2Cc3ccccc3Oc3ccc(Cl)cc32)n1. The van der Waals surface area contributed by atoms with E-state index in [-0.39, 0.29) is 5.69 Å². The average Bonchev–Trinajstić information content (AvgIpc) is 3.00. The molecule has 5 nitrogen and oxygen atoms in total. The largest absolute Gasteiger partial charge is 0.476 e. The average molecular weight is 359 g/mol. The van der Waals surface area contributed by atoms with Crippen LogP contribution in [0.5, 0.6) is 11.5 Å². The summed E-state index contributed by atoms with van der Waals surface area (Å²) in [5, 5.41) is 11.8. The van der Waals surface area contributed by atoms with Gasteiger partial charge in [-0.2, -0.15) is 0 Å². The van der Waals surface area contributed by atoms with Gasteiger partial charge in [-0.3, -0.25) is 0 Å². The Morgan fingerprint density at radius 1 is 1.25 bits per heavy atom. The number of fused-ring (bicyclic) bond motifs is 2. The van der Waals surface area contributed by atoms with Crippen LogP contribution in [0.25, 0.3) is 0 Å². The lowest BCUT2D eigenvalue weighted by molar-refractivity contribution is 0.0691. The van der Waals surface area contributed by atoms with Crippen LogP contribution in [0.15, 0.2) is 47.8 Å². The van der Waals surface area contributed by atoms with Gasteiger partial charge in [0.25, 0.3) is 0 Å². The zero-order valence-electron chi connectivity index (χ0n) is 12.3. The van der Waals surface area contributed by atoms with Gasteiger partial charge in [-0.25, -0.2) is 9.78 Å². The molecule has 0 saturated heterocycles. The summed E-state index contributed by atoms with van der Waals surface area (Å²) in [5.74, 6) is 0.366. The van der Waals surface area contributed by atoms with Crippen molar-refractivity contribution in [1.82, 2.24) is 4.98 Å². The molecular formula is C17H11ClN2O3S. The Hall–Kier alpha value is -2.57. The van der Waals surface area contributed by atoms with Crippen LogP contribution in [0, 0.1) is 0 Å². The number of ether oxygens (including phenoxy) is 1. The second kappa shape index (κ2) is 5.81. The lowest BCUT2D eigenvalue weighted by Crippen LogP contribution is -2.15. The molecule has 0 saturated carbocycles. The first-order chi connectivity index (χ1) is 11.6. The van der Waals surface area contributed by atoms with Crippen molar-refractivity contribution in [3.63, 3.8) is 0 Å². The number of hydrogen-bond donors (Lipinski definition) is 1. The van der Waals surface area contributed by atoms with Crippen LogP contribution < -0.4 is 9.64 Å². The summed E-state index contributed by atoms with van der Waals surface area (Å²) >= 11 is 7.43. The van der Waals surface area contributed by atoms with Gasteiger partial charge in [0.2, 0.25) is 0 Å². The van der Waals surface area contributed by atoms with E-state index in [0.29, 0.717) is 22.4 Å². The van der Waals surface area contributed by atoms with Gasteiger partial charge in [0.05, 0.1) is 12.2 Å². The fraction of sp³-hybridized carbons (Fsp3) is 0.0588. The number of carboxylic acids is 1. The minimum Gasteiger partial charge on any atom is -0.476 e. The number of thiazole rings is 1. The molecule has 0 fully saturated rings. The fourth-order valence-electron chi connectivity index (χ4n) is 2.55. The number of para-hydroxylation sites is 1. The summed E-state index contributed by atoms with van der Waals surface area (Å²) in [7, 11) is 0. The molecule has 0 spiro atoms. The topological polar surface area (TPSA) is 62.7 Å². The Bertz CT molecular complexity index is 941. The number of aromatic carboxylic acids is 1. The van der Waals surface area contributed by atoms with E-state index >= 15 is 0 Å². The Balaban J connectivity index is 1.88. The zero-order valence-corrected chi connectivity index (χ0v) is 13.8. The smallest absolute Gasteiger partial charge is 0.355 e. The molecule has 0 atom stereocenters. The maximum Gasteiger partial charge on any atom is 0.355 e. The van der Waals surface area contributed by atoms with Crippen molar-refractivity contribution in [2.75, 3.05) is 4.90 Å². The molecule has 1 aliphatic heterocycles. The number of carboxylic acid groups (broad SMARTS) is 1. The second-order valence-corrected chi connectivity index (χ2v) is 6.50. The predicted molar refractivity (Wildman–Crippen MR) is 92.9 cm³/mol. The summed E-state index contributed by atoms with van der Waals surface area (Å²) in [6, 6.07) is 13.1. The van der Waals surface area contributed by atoms with Crippen LogP contribution in [0.3, 0.4) is 0 Å². The number of halogens is 1. The van der Waals surface area contributed by atoms with Crippen LogP contribution in [-0.2, 0) is 6.54 Å². The molecule has 7 heteroatoms. The van der Waals surface area contributed by atoms with E-state index in [1.807, 2.05) is 29.2 Å². The number of rotatable bonds is 2. The number of aromatic nitrogens is 1. The lowest BCUT2D eigenvalue weighted by Gasteiger charge is -2.21. The second-order valence-electron chi connectivity index (χ2n) is 5.23. The number of nitrogens with zero attached hydrogens (tertiary/aromatic N) is 2.